The van der Waals surface area contributed by atoms with Crippen molar-refractivity contribution in [2.24, 2.45) is 4.99 Å². The van der Waals surface area contributed by atoms with Crippen LogP contribution in [0.5, 0.6) is 17.2 Å². The second-order valence-electron chi connectivity index (χ2n) is 11.5. The summed E-state index contributed by atoms with van der Waals surface area (Å²) < 4.78 is 29.9. The summed E-state index contributed by atoms with van der Waals surface area (Å²) in [6, 6.07) is 21.1. The number of carbonyl (C=O) groups is 2. The zero-order valence-electron chi connectivity index (χ0n) is 28.7. The summed E-state index contributed by atoms with van der Waals surface area (Å²) in [4.78, 5) is 45.0. The number of benzene rings is 4. The van der Waals surface area contributed by atoms with E-state index in [0.717, 1.165) is 16.3 Å². The van der Waals surface area contributed by atoms with Crippen LogP contribution in [-0.4, -0.2) is 43.4 Å². The number of methoxy groups -OCH3 is 1. The number of ether oxygens (including phenoxy) is 5. The third-order valence-corrected chi connectivity index (χ3v) is 9.98. The van der Waals surface area contributed by atoms with Gasteiger partial charge < -0.3 is 23.7 Å². The number of carbonyl (C=O) groups excluding carboxylic acids is 2. The maximum absolute atomic E-state index is 14.6. The molecule has 0 saturated carbocycles. The van der Waals surface area contributed by atoms with Gasteiger partial charge in [0.05, 0.1) is 52.2 Å². The average Bonchev–Trinajstić information content (AvgIpc) is 3.44. The zero-order valence-corrected chi connectivity index (χ0v) is 31.1. The smallest absolute Gasteiger partial charge is 0.343 e. The van der Waals surface area contributed by atoms with E-state index in [1.54, 1.807) is 50.3 Å². The van der Waals surface area contributed by atoms with E-state index in [2.05, 4.69) is 0 Å². The molecule has 1 aliphatic rings. The van der Waals surface area contributed by atoms with Crippen molar-refractivity contribution >= 4 is 63.3 Å². The molecule has 0 aliphatic carbocycles. The van der Waals surface area contributed by atoms with Crippen LogP contribution in [0.1, 0.15) is 43.5 Å². The molecule has 1 atom stereocenters. The lowest BCUT2D eigenvalue weighted by Crippen LogP contribution is -2.40. The molecule has 1 aliphatic heterocycles. The van der Waals surface area contributed by atoms with Crippen LogP contribution in [0, 0.1) is 0 Å². The number of thiazole rings is 1. The minimum absolute atomic E-state index is 0.128. The standard InChI is InChI=1S/C39H34Cl2N2O8S/c1-5-48-32-18-25(13-16-31(32)51-21-34(44)47-4)36-35(38(46)49-6-2)22(3)42-39-43(36)37(45)33(52-39)19-27-26-10-8-7-9-24(26)12-15-30(27)50-20-23-11-14-28(40)29(41)17-23/h7-19,36H,5-6,20-21H2,1-4H3/b33-19+/t36-/m1/s1. The first kappa shape index (κ1) is 36.7. The monoisotopic (exact) mass is 760 g/mol. The maximum Gasteiger partial charge on any atom is 0.343 e. The quantitative estimate of drug-likeness (QED) is 0.128. The van der Waals surface area contributed by atoms with Crippen LogP contribution in [0.15, 0.2) is 93.9 Å². The molecule has 10 nitrogen and oxygen atoms in total. The predicted molar refractivity (Wildman–Crippen MR) is 200 cm³/mol. The molecule has 0 fully saturated rings. The molecule has 1 aromatic heterocycles. The Labute approximate surface area is 313 Å². The lowest BCUT2D eigenvalue weighted by Gasteiger charge is -2.25. The van der Waals surface area contributed by atoms with Gasteiger partial charge in [-0.05, 0) is 79.1 Å². The van der Waals surface area contributed by atoms with E-state index in [0.29, 0.717) is 60.1 Å². The van der Waals surface area contributed by atoms with Gasteiger partial charge in [0, 0.05) is 5.56 Å². The number of fused-ring (bicyclic) bond motifs is 2. The summed E-state index contributed by atoms with van der Waals surface area (Å²) >= 11 is 13.6. The Balaban J connectivity index is 1.50. The Morgan fingerprint density at radius 1 is 0.904 bits per heavy atom. The minimum Gasteiger partial charge on any atom is -0.490 e. The molecular formula is C39H34Cl2N2O8S. The van der Waals surface area contributed by atoms with Crippen LogP contribution in [0.4, 0.5) is 0 Å². The van der Waals surface area contributed by atoms with Gasteiger partial charge in [0.25, 0.3) is 5.56 Å². The van der Waals surface area contributed by atoms with Crippen LogP contribution < -0.4 is 29.1 Å². The van der Waals surface area contributed by atoms with Crippen LogP contribution in [0.3, 0.4) is 0 Å². The minimum atomic E-state index is -0.913. The van der Waals surface area contributed by atoms with Crippen LogP contribution in [-0.2, 0) is 25.7 Å². The summed E-state index contributed by atoms with van der Waals surface area (Å²) in [5, 5.41) is 2.71. The SMILES string of the molecule is CCOC(=O)C1=C(C)N=c2s/c(=C/c3c(OCc4ccc(Cl)c(Cl)c4)ccc4ccccc34)c(=O)n2[C@@H]1c1ccc(OCC(=O)OC)c(OCC)c1. The Kier molecular flexibility index (Phi) is 11.3. The summed E-state index contributed by atoms with van der Waals surface area (Å²) in [5.74, 6) is 0.0176. The highest BCUT2D eigenvalue weighted by Gasteiger charge is 2.34. The van der Waals surface area contributed by atoms with E-state index in [4.69, 9.17) is 51.9 Å². The van der Waals surface area contributed by atoms with E-state index >= 15 is 0 Å². The molecule has 6 rings (SSSR count). The van der Waals surface area contributed by atoms with Crippen molar-refractivity contribution < 1.29 is 33.3 Å². The van der Waals surface area contributed by atoms with Crippen LogP contribution >= 0.6 is 34.5 Å². The van der Waals surface area contributed by atoms with E-state index in [1.807, 2.05) is 49.4 Å². The van der Waals surface area contributed by atoms with Crippen molar-refractivity contribution in [1.82, 2.24) is 4.57 Å². The van der Waals surface area contributed by atoms with Crippen molar-refractivity contribution in [3.05, 3.63) is 130 Å². The van der Waals surface area contributed by atoms with Crippen molar-refractivity contribution in [2.75, 3.05) is 26.9 Å². The summed E-state index contributed by atoms with van der Waals surface area (Å²) in [6.07, 6.45) is 1.80. The van der Waals surface area contributed by atoms with E-state index in [1.165, 1.54) is 23.0 Å². The first-order chi connectivity index (χ1) is 25.1. The molecule has 4 aromatic carbocycles. The fourth-order valence-corrected chi connectivity index (χ4v) is 7.21. The molecule has 0 unspecified atom stereocenters. The van der Waals surface area contributed by atoms with Gasteiger partial charge in [-0.1, -0.05) is 77.0 Å². The highest BCUT2D eigenvalue weighted by Crippen LogP contribution is 2.37. The lowest BCUT2D eigenvalue weighted by molar-refractivity contribution is -0.143. The normalized spacial score (nSPS) is 14.1. The summed E-state index contributed by atoms with van der Waals surface area (Å²) in [5.41, 5.74) is 2.33. The molecule has 268 valence electrons. The largest absolute Gasteiger partial charge is 0.490 e. The van der Waals surface area contributed by atoms with Crippen LogP contribution in [0.25, 0.3) is 16.8 Å². The van der Waals surface area contributed by atoms with E-state index in [9.17, 15) is 14.4 Å². The second-order valence-corrected chi connectivity index (χ2v) is 13.4. The average molecular weight is 762 g/mol. The second kappa shape index (κ2) is 16.1. The van der Waals surface area contributed by atoms with Gasteiger partial charge in [0.1, 0.15) is 12.4 Å². The highest BCUT2D eigenvalue weighted by molar-refractivity contribution is 7.07. The van der Waals surface area contributed by atoms with Gasteiger partial charge in [0.15, 0.2) is 22.9 Å². The van der Waals surface area contributed by atoms with Crippen molar-refractivity contribution in [3.8, 4) is 17.2 Å². The molecule has 52 heavy (non-hydrogen) atoms. The van der Waals surface area contributed by atoms with Crippen molar-refractivity contribution in [3.63, 3.8) is 0 Å². The fourth-order valence-electron chi connectivity index (χ4n) is 5.86. The van der Waals surface area contributed by atoms with Gasteiger partial charge in [0.2, 0.25) is 0 Å². The van der Waals surface area contributed by atoms with Gasteiger partial charge in [-0.15, -0.1) is 0 Å². The molecule has 5 aromatic rings. The van der Waals surface area contributed by atoms with Crippen LogP contribution in [0.2, 0.25) is 10.0 Å². The summed E-state index contributed by atoms with van der Waals surface area (Å²) in [6.45, 7) is 5.54. The molecule has 0 N–H and O–H groups in total. The number of aromatic nitrogens is 1. The lowest BCUT2D eigenvalue weighted by atomic mass is 9.95. The fraction of sp³-hybridized carbons (Fsp3) is 0.231. The number of halogens is 2. The Morgan fingerprint density at radius 2 is 1.69 bits per heavy atom. The van der Waals surface area contributed by atoms with E-state index < -0.39 is 18.0 Å². The molecule has 0 radical (unpaired) electrons. The molecule has 0 amide bonds. The molecule has 0 spiro atoms. The Morgan fingerprint density at radius 3 is 2.44 bits per heavy atom. The molecular weight excluding hydrogens is 727 g/mol. The topological polar surface area (TPSA) is 115 Å². The maximum atomic E-state index is 14.6. The Hall–Kier alpha value is -5.10. The first-order valence-corrected chi connectivity index (χ1v) is 17.9. The predicted octanol–water partition coefficient (Wildman–Crippen LogP) is 6.79. The van der Waals surface area contributed by atoms with Gasteiger partial charge in [-0.3, -0.25) is 9.36 Å². The van der Waals surface area contributed by atoms with E-state index in [-0.39, 0.29) is 31.0 Å². The van der Waals surface area contributed by atoms with Gasteiger partial charge >= 0.3 is 11.9 Å². The zero-order chi connectivity index (χ0) is 36.9. The first-order valence-electron chi connectivity index (χ1n) is 16.4. The number of allylic oxidation sites excluding steroid dienone is 1. The molecule has 2 heterocycles. The summed E-state index contributed by atoms with van der Waals surface area (Å²) in [7, 11) is 1.27. The third kappa shape index (κ3) is 7.57. The third-order valence-electron chi connectivity index (χ3n) is 8.26. The van der Waals surface area contributed by atoms with Gasteiger partial charge in [-0.2, -0.15) is 0 Å². The Bertz CT molecular complexity index is 2400. The number of hydrogen-bond donors (Lipinski definition) is 0. The number of hydrogen-bond acceptors (Lipinski definition) is 10. The molecule has 0 bridgehead atoms. The molecule has 13 heteroatoms. The number of esters is 2. The molecule has 0 saturated heterocycles. The van der Waals surface area contributed by atoms with Crippen molar-refractivity contribution in [1.29, 1.82) is 0 Å². The van der Waals surface area contributed by atoms with Gasteiger partial charge in [-0.25, -0.2) is 14.6 Å². The highest BCUT2D eigenvalue weighted by atomic mass is 35.5. The number of rotatable bonds is 12. The number of nitrogens with zero attached hydrogens (tertiary/aromatic N) is 2. The van der Waals surface area contributed by atoms with Crippen molar-refractivity contribution in [2.45, 2.75) is 33.4 Å².